The van der Waals surface area contributed by atoms with Crippen molar-refractivity contribution in [3.8, 4) is 21.7 Å². The highest BCUT2D eigenvalue weighted by molar-refractivity contribution is 7.16. The van der Waals surface area contributed by atoms with Gasteiger partial charge in [-0.15, -0.1) is 22.7 Å². The second-order valence-electron chi connectivity index (χ2n) is 8.05. The average molecular weight is 516 g/mol. The molecule has 0 radical (unpaired) electrons. The minimum absolute atomic E-state index is 0.0822. The van der Waals surface area contributed by atoms with Gasteiger partial charge in [0.05, 0.1) is 10.6 Å². The molecular formula is C27H21N3O4S2. The molecule has 0 aliphatic carbocycles. The molecule has 3 aromatic heterocycles. The van der Waals surface area contributed by atoms with Crippen molar-refractivity contribution in [2.24, 2.45) is 7.05 Å². The maximum Gasteiger partial charge on any atom is 0.356 e. The van der Waals surface area contributed by atoms with Gasteiger partial charge in [-0.1, -0.05) is 54.6 Å². The number of carbonyl (C=O) groups excluding carboxylic acids is 2. The van der Waals surface area contributed by atoms with Crippen LogP contribution in [0.1, 0.15) is 17.4 Å². The number of aromatic nitrogens is 2. The lowest BCUT2D eigenvalue weighted by atomic mass is 9.97. The summed E-state index contributed by atoms with van der Waals surface area (Å²) in [6.07, 6.45) is -1.11. The zero-order valence-corrected chi connectivity index (χ0v) is 21.1. The normalized spacial score (nSPS) is 11.8. The van der Waals surface area contributed by atoms with E-state index in [2.05, 4.69) is 10.3 Å². The van der Waals surface area contributed by atoms with Crippen molar-refractivity contribution in [2.45, 2.75) is 13.0 Å². The third-order valence-corrected chi connectivity index (χ3v) is 7.37. The van der Waals surface area contributed by atoms with Crippen molar-refractivity contribution in [3.05, 3.63) is 93.5 Å². The molecule has 9 heteroatoms. The summed E-state index contributed by atoms with van der Waals surface area (Å²) in [5, 5.41) is 8.07. The summed E-state index contributed by atoms with van der Waals surface area (Å²) >= 11 is 2.85. The monoisotopic (exact) mass is 515 g/mol. The van der Waals surface area contributed by atoms with Crippen LogP contribution in [0, 0.1) is 0 Å². The molecule has 1 unspecified atom stereocenters. The molecule has 0 spiro atoms. The van der Waals surface area contributed by atoms with E-state index in [4.69, 9.17) is 4.74 Å². The summed E-state index contributed by atoms with van der Waals surface area (Å²) in [7, 11) is 1.53. The van der Waals surface area contributed by atoms with E-state index >= 15 is 0 Å². The van der Waals surface area contributed by atoms with Crippen LogP contribution in [0.5, 0.6) is 0 Å². The van der Waals surface area contributed by atoms with E-state index in [1.165, 1.54) is 29.9 Å². The number of nitrogens with zero attached hydrogens (tertiary/aromatic N) is 2. The summed E-state index contributed by atoms with van der Waals surface area (Å²) < 4.78 is 6.85. The van der Waals surface area contributed by atoms with Gasteiger partial charge in [0.2, 0.25) is 0 Å². The molecule has 0 fully saturated rings. The Morgan fingerprint density at radius 3 is 2.42 bits per heavy atom. The van der Waals surface area contributed by atoms with Gasteiger partial charge < -0.3 is 9.30 Å². The number of thiophene rings is 1. The molecular weight excluding hydrogens is 494 g/mol. The zero-order chi connectivity index (χ0) is 25.2. The number of thiazole rings is 1. The number of carbonyl (C=O) groups is 2. The average Bonchev–Trinajstić information content (AvgIpc) is 3.59. The maximum atomic E-state index is 13.4. The molecule has 1 amide bonds. The number of esters is 1. The van der Waals surface area contributed by atoms with Crippen LogP contribution in [-0.4, -0.2) is 27.5 Å². The Kier molecular flexibility index (Phi) is 6.49. The van der Waals surface area contributed by atoms with Gasteiger partial charge in [0.15, 0.2) is 11.2 Å². The van der Waals surface area contributed by atoms with Crippen LogP contribution < -0.4 is 10.9 Å². The second-order valence-corrected chi connectivity index (χ2v) is 9.86. The summed E-state index contributed by atoms with van der Waals surface area (Å²) in [5.74, 6) is -1.28. The van der Waals surface area contributed by atoms with Crippen LogP contribution in [0.4, 0.5) is 5.13 Å². The number of nitrogens with one attached hydrogen (secondary N) is 1. The Morgan fingerprint density at radius 1 is 0.972 bits per heavy atom. The first-order chi connectivity index (χ1) is 17.4. The largest absolute Gasteiger partial charge is 0.448 e. The molecule has 36 heavy (non-hydrogen) atoms. The number of rotatable bonds is 6. The molecule has 1 atom stereocenters. The van der Waals surface area contributed by atoms with Crippen LogP contribution in [-0.2, 0) is 16.6 Å². The molecule has 3 heterocycles. The smallest absolute Gasteiger partial charge is 0.356 e. The van der Waals surface area contributed by atoms with Crippen molar-refractivity contribution >= 4 is 50.5 Å². The topological polar surface area (TPSA) is 90.3 Å². The highest BCUT2D eigenvalue weighted by atomic mass is 32.1. The van der Waals surface area contributed by atoms with E-state index in [0.29, 0.717) is 21.5 Å². The standard InChI is InChI=1S/C27H21N3O4S2/c1-16(24(31)29-27-28-20(15-36-27)21-13-8-14-35-21)34-26(33)23-22(17-9-4-3-5-10-17)18-11-6-7-12-19(18)25(32)30(23)2/h3-16H,1-2H3,(H,28,29,31). The third kappa shape index (κ3) is 4.46. The Labute approximate surface area is 214 Å². The van der Waals surface area contributed by atoms with Gasteiger partial charge in [0.25, 0.3) is 11.5 Å². The Balaban J connectivity index is 1.44. The SMILES string of the molecule is CC(OC(=O)c1c(-c2ccccc2)c2ccccc2c(=O)n1C)C(=O)Nc1nc(-c2cccs2)cs1. The number of hydrogen-bond donors (Lipinski definition) is 1. The Morgan fingerprint density at radius 2 is 1.69 bits per heavy atom. The van der Waals surface area contributed by atoms with E-state index in [1.807, 2.05) is 59.3 Å². The third-order valence-electron chi connectivity index (χ3n) is 5.72. The predicted molar refractivity (Wildman–Crippen MR) is 144 cm³/mol. The highest BCUT2D eigenvalue weighted by Gasteiger charge is 2.26. The summed E-state index contributed by atoms with van der Waals surface area (Å²) in [6, 6.07) is 20.4. The molecule has 0 saturated heterocycles. The van der Waals surface area contributed by atoms with Crippen LogP contribution in [0.3, 0.4) is 0 Å². The molecule has 0 aliphatic rings. The number of pyridine rings is 1. The van der Waals surface area contributed by atoms with Crippen molar-refractivity contribution < 1.29 is 14.3 Å². The molecule has 5 rings (SSSR count). The van der Waals surface area contributed by atoms with Crippen LogP contribution in [0.25, 0.3) is 32.5 Å². The van der Waals surface area contributed by atoms with E-state index in [0.717, 1.165) is 16.1 Å². The minimum Gasteiger partial charge on any atom is -0.448 e. The molecule has 0 aliphatic heterocycles. The summed E-state index contributed by atoms with van der Waals surface area (Å²) in [6.45, 7) is 1.49. The number of amides is 1. The van der Waals surface area contributed by atoms with Gasteiger partial charge in [0.1, 0.15) is 5.69 Å². The number of ether oxygens (including phenoxy) is 1. The molecule has 7 nitrogen and oxygen atoms in total. The van der Waals surface area contributed by atoms with E-state index in [1.54, 1.807) is 29.5 Å². The van der Waals surface area contributed by atoms with E-state index < -0.39 is 18.0 Å². The van der Waals surface area contributed by atoms with Gasteiger partial charge in [-0.3, -0.25) is 14.9 Å². The zero-order valence-electron chi connectivity index (χ0n) is 19.4. The van der Waals surface area contributed by atoms with Crippen LogP contribution in [0.2, 0.25) is 0 Å². The molecule has 0 bridgehead atoms. The number of anilines is 1. The highest BCUT2D eigenvalue weighted by Crippen LogP contribution is 2.31. The maximum absolute atomic E-state index is 13.4. The van der Waals surface area contributed by atoms with Crippen LogP contribution >= 0.6 is 22.7 Å². The van der Waals surface area contributed by atoms with Gasteiger partial charge in [-0.2, -0.15) is 0 Å². The lowest BCUT2D eigenvalue weighted by molar-refractivity contribution is -0.123. The lowest BCUT2D eigenvalue weighted by Crippen LogP contribution is -2.32. The quantitative estimate of drug-likeness (QED) is 0.299. The summed E-state index contributed by atoms with van der Waals surface area (Å²) in [4.78, 5) is 44.7. The van der Waals surface area contributed by atoms with E-state index in [-0.39, 0.29) is 11.3 Å². The first-order valence-corrected chi connectivity index (χ1v) is 12.9. The fourth-order valence-electron chi connectivity index (χ4n) is 3.95. The van der Waals surface area contributed by atoms with Gasteiger partial charge in [-0.05, 0) is 35.4 Å². The molecule has 1 N–H and O–H groups in total. The van der Waals surface area contributed by atoms with Crippen molar-refractivity contribution in [1.82, 2.24) is 9.55 Å². The van der Waals surface area contributed by atoms with Gasteiger partial charge in [0, 0.05) is 23.4 Å². The van der Waals surface area contributed by atoms with Crippen LogP contribution in [0.15, 0.2) is 82.3 Å². The molecule has 180 valence electrons. The number of hydrogen-bond acceptors (Lipinski definition) is 7. The first kappa shape index (κ1) is 23.7. The van der Waals surface area contributed by atoms with E-state index in [9.17, 15) is 14.4 Å². The van der Waals surface area contributed by atoms with Crippen molar-refractivity contribution in [1.29, 1.82) is 0 Å². The number of benzene rings is 2. The Bertz CT molecular complexity index is 1620. The van der Waals surface area contributed by atoms with Crippen molar-refractivity contribution in [2.75, 3.05) is 5.32 Å². The van der Waals surface area contributed by atoms with Gasteiger partial charge in [-0.25, -0.2) is 9.78 Å². The minimum atomic E-state index is -1.11. The number of fused-ring (bicyclic) bond motifs is 1. The summed E-state index contributed by atoms with van der Waals surface area (Å²) in [5.41, 5.74) is 1.87. The van der Waals surface area contributed by atoms with Crippen molar-refractivity contribution in [3.63, 3.8) is 0 Å². The fraction of sp³-hybridized carbons (Fsp3) is 0.111. The molecule has 0 saturated carbocycles. The fourth-order valence-corrected chi connectivity index (χ4v) is 5.42. The molecule has 5 aromatic rings. The van der Waals surface area contributed by atoms with Gasteiger partial charge >= 0.3 is 5.97 Å². The Hall–Kier alpha value is -4.08. The first-order valence-electron chi connectivity index (χ1n) is 11.1. The second kappa shape index (κ2) is 9.88. The predicted octanol–water partition coefficient (Wildman–Crippen LogP) is 5.57. The lowest BCUT2D eigenvalue weighted by Gasteiger charge is -2.18. The molecule has 2 aromatic carbocycles.